The third-order valence-corrected chi connectivity index (χ3v) is 3.70. The number of fused-ring (bicyclic) bond motifs is 1. The van der Waals surface area contributed by atoms with Gasteiger partial charge in [-0.3, -0.25) is 9.48 Å². The van der Waals surface area contributed by atoms with Crippen LogP contribution in [0.2, 0.25) is 0 Å². The summed E-state index contributed by atoms with van der Waals surface area (Å²) >= 11 is 0. The van der Waals surface area contributed by atoms with Crippen LogP contribution in [0.15, 0.2) is 35.4 Å². The van der Waals surface area contributed by atoms with Gasteiger partial charge in [-0.1, -0.05) is 0 Å². The number of methoxy groups -OCH3 is 1. The molecule has 5 nitrogen and oxygen atoms in total. The van der Waals surface area contributed by atoms with E-state index in [-0.39, 0.29) is 5.43 Å². The van der Waals surface area contributed by atoms with Gasteiger partial charge in [0, 0.05) is 35.3 Å². The maximum Gasteiger partial charge on any atom is 0.190 e. The number of ether oxygens (including phenoxy) is 1. The molecule has 0 unspecified atom stereocenters. The first-order chi connectivity index (χ1) is 10.1. The van der Waals surface area contributed by atoms with Gasteiger partial charge in [-0.15, -0.1) is 0 Å². The van der Waals surface area contributed by atoms with E-state index >= 15 is 0 Å². The summed E-state index contributed by atoms with van der Waals surface area (Å²) in [4.78, 5) is 15.6. The van der Waals surface area contributed by atoms with Crippen molar-refractivity contribution in [2.24, 2.45) is 0 Å². The van der Waals surface area contributed by atoms with Crippen LogP contribution in [0.25, 0.3) is 22.2 Å². The molecule has 5 heteroatoms. The number of nitrogens with one attached hydrogen (secondary N) is 1. The molecule has 0 fully saturated rings. The van der Waals surface area contributed by atoms with Crippen molar-refractivity contribution < 1.29 is 4.74 Å². The molecular formula is C16H17N3O2. The molecule has 0 saturated carbocycles. The van der Waals surface area contributed by atoms with Crippen molar-refractivity contribution in [3.8, 4) is 17.0 Å². The lowest BCUT2D eigenvalue weighted by atomic mass is 10.1. The van der Waals surface area contributed by atoms with Gasteiger partial charge >= 0.3 is 0 Å². The Morgan fingerprint density at radius 1 is 1.38 bits per heavy atom. The number of pyridine rings is 1. The standard InChI is InChI=1S/C16H17N3O2/c1-4-19-9-11(8-17-19)13-7-14(20)12-5-6-15(21-3)10(2)16(12)18-13/h5-9H,4H2,1-3H3,(H,18,20). The van der Waals surface area contributed by atoms with Crippen molar-refractivity contribution in [3.05, 3.63) is 46.4 Å². The first kappa shape index (κ1) is 13.4. The lowest BCUT2D eigenvalue weighted by Gasteiger charge is -2.09. The van der Waals surface area contributed by atoms with Crippen LogP contribution in [0, 0.1) is 6.92 Å². The number of H-pyrrole nitrogens is 1. The number of aromatic amines is 1. The molecule has 0 radical (unpaired) electrons. The van der Waals surface area contributed by atoms with Gasteiger partial charge in [-0.2, -0.15) is 5.10 Å². The molecule has 1 aromatic carbocycles. The highest BCUT2D eigenvalue weighted by atomic mass is 16.5. The van der Waals surface area contributed by atoms with Crippen LogP contribution in [-0.2, 0) is 6.54 Å². The highest BCUT2D eigenvalue weighted by molar-refractivity contribution is 5.85. The van der Waals surface area contributed by atoms with Crippen LogP contribution in [0.4, 0.5) is 0 Å². The largest absolute Gasteiger partial charge is 0.496 e. The number of rotatable bonds is 3. The Labute approximate surface area is 122 Å². The minimum atomic E-state index is -0.00579. The van der Waals surface area contributed by atoms with E-state index in [2.05, 4.69) is 10.1 Å². The Bertz CT molecular complexity index is 862. The summed E-state index contributed by atoms with van der Waals surface area (Å²) in [6.45, 7) is 4.76. The van der Waals surface area contributed by atoms with E-state index in [0.717, 1.165) is 34.6 Å². The Balaban J connectivity index is 2.26. The lowest BCUT2D eigenvalue weighted by Crippen LogP contribution is -2.04. The summed E-state index contributed by atoms with van der Waals surface area (Å²) in [6, 6.07) is 5.23. The first-order valence-electron chi connectivity index (χ1n) is 6.87. The summed E-state index contributed by atoms with van der Waals surface area (Å²) in [5, 5.41) is 4.91. The topological polar surface area (TPSA) is 59.9 Å². The van der Waals surface area contributed by atoms with Crippen molar-refractivity contribution in [1.82, 2.24) is 14.8 Å². The van der Waals surface area contributed by atoms with Gasteiger partial charge in [0.2, 0.25) is 0 Å². The normalized spacial score (nSPS) is 11.0. The number of aromatic nitrogens is 3. The summed E-state index contributed by atoms with van der Waals surface area (Å²) in [6.07, 6.45) is 3.68. The molecule has 0 aliphatic rings. The molecule has 0 spiro atoms. The number of hydrogen-bond acceptors (Lipinski definition) is 3. The molecule has 0 atom stereocenters. The first-order valence-corrected chi connectivity index (χ1v) is 6.87. The zero-order valence-electron chi connectivity index (χ0n) is 12.3. The van der Waals surface area contributed by atoms with Gasteiger partial charge in [0.15, 0.2) is 5.43 Å². The van der Waals surface area contributed by atoms with Crippen molar-refractivity contribution in [1.29, 1.82) is 0 Å². The van der Waals surface area contributed by atoms with E-state index in [0.29, 0.717) is 5.39 Å². The zero-order chi connectivity index (χ0) is 15.0. The lowest BCUT2D eigenvalue weighted by molar-refractivity contribution is 0.412. The number of benzene rings is 1. The second-order valence-corrected chi connectivity index (χ2v) is 4.95. The Morgan fingerprint density at radius 2 is 2.19 bits per heavy atom. The second-order valence-electron chi connectivity index (χ2n) is 4.95. The van der Waals surface area contributed by atoms with E-state index in [1.807, 2.05) is 30.8 Å². The molecule has 108 valence electrons. The van der Waals surface area contributed by atoms with Gasteiger partial charge in [0.1, 0.15) is 5.75 Å². The fourth-order valence-corrected chi connectivity index (χ4v) is 2.49. The van der Waals surface area contributed by atoms with E-state index in [4.69, 9.17) is 4.74 Å². The van der Waals surface area contributed by atoms with Gasteiger partial charge < -0.3 is 9.72 Å². The minimum absolute atomic E-state index is 0.00579. The smallest absolute Gasteiger partial charge is 0.190 e. The predicted octanol–water partition coefficient (Wildman–Crippen LogP) is 2.73. The highest BCUT2D eigenvalue weighted by Gasteiger charge is 2.10. The van der Waals surface area contributed by atoms with E-state index in [1.54, 1.807) is 25.4 Å². The molecule has 0 aliphatic heterocycles. The van der Waals surface area contributed by atoms with Gasteiger partial charge in [-0.25, -0.2) is 0 Å². The van der Waals surface area contributed by atoms with E-state index in [1.165, 1.54) is 0 Å². The van der Waals surface area contributed by atoms with Crippen LogP contribution in [0.1, 0.15) is 12.5 Å². The fourth-order valence-electron chi connectivity index (χ4n) is 2.49. The maximum atomic E-state index is 12.3. The van der Waals surface area contributed by atoms with Gasteiger partial charge in [-0.05, 0) is 26.0 Å². The summed E-state index contributed by atoms with van der Waals surface area (Å²) < 4.78 is 7.15. The third kappa shape index (κ3) is 2.20. The van der Waals surface area contributed by atoms with Crippen LogP contribution in [0.3, 0.4) is 0 Å². The molecule has 3 rings (SSSR count). The van der Waals surface area contributed by atoms with E-state index in [9.17, 15) is 4.79 Å². The fraction of sp³-hybridized carbons (Fsp3) is 0.250. The van der Waals surface area contributed by atoms with Gasteiger partial charge in [0.25, 0.3) is 0 Å². The minimum Gasteiger partial charge on any atom is -0.496 e. The number of nitrogens with zero attached hydrogens (tertiary/aromatic N) is 2. The quantitative estimate of drug-likeness (QED) is 0.804. The highest BCUT2D eigenvalue weighted by Crippen LogP contribution is 2.26. The average Bonchev–Trinajstić information content (AvgIpc) is 2.97. The van der Waals surface area contributed by atoms with Crippen molar-refractivity contribution >= 4 is 10.9 Å². The molecule has 0 bridgehead atoms. The molecular weight excluding hydrogens is 266 g/mol. The van der Waals surface area contributed by atoms with E-state index < -0.39 is 0 Å². The van der Waals surface area contributed by atoms with Crippen molar-refractivity contribution in [3.63, 3.8) is 0 Å². The molecule has 21 heavy (non-hydrogen) atoms. The SMILES string of the molecule is CCn1cc(-c2cc(=O)c3ccc(OC)c(C)c3[nH]2)cn1. The van der Waals surface area contributed by atoms with Gasteiger partial charge in [0.05, 0.1) is 24.5 Å². The van der Waals surface area contributed by atoms with Crippen LogP contribution < -0.4 is 10.2 Å². The summed E-state index contributed by atoms with van der Waals surface area (Å²) in [7, 11) is 1.63. The maximum absolute atomic E-state index is 12.3. The van der Waals surface area contributed by atoms with Crippen molar-refractivity contribution in [2.75, 3.05) is 7.11 Å². The molecule has 2 heterocycles. The molecule has 3 aromatic rings. The second kappa shape index (κ2) is 5.09. The van der Waals surface area contributed by atoms with Crippen LogP contribution >= 0.6 is 0 Å². The molecule has 1 N–H and O–H groups in total. The van der Waals surface area contributed by atoms with Crippen LogP contribution in [0.5, 0.6) is 5.75 Å². The number of aryl methyl sites for hydroxylation is 2. The monoisotopic (exact) mass is 283 g/mol. The Kier molecular flexibility index (Phi) is 3.25. The zero-order valence-corrected chi connectivity index (χ0v) is 12.3. The summed E-state index contributed by atoms with van der Waals surface area (Å²) in [5.74, 6) is 0.763. The van der Waals surface area contributed by atoms with Crippen LogP contribution in [-0.4, -0.2) is 21.9 Å². The number of hydrogen-bond donors (Lipinski definition) is 1. The summed E-state index contributed by atoms with van der Waals surface area (Å²) in [5.41, 5.74) is 3.40. The van der Waals surface area contributed by atoms with Crippen molar-refractivity contribution in [2.45, 2.75) is 20.4 Å². The average molecular weight is 283 g/mol. The molecule has 0 saturated heterocycles. The Hall–Kier alpha value is -2.56. The molecule has 0 amide bonds. The predicted molar refractivity (Wildman–Crippen MR) is 82.8 cm³/mol. The Morgan fingerprint density at radius 3 is 2.86 bits per heavy atom. The third-order valence-electron chi connectivity index (χ3n) is 3.70. The molecule has 0 aliphatic carbocycles. The molecule has 2 aromatic heterocycles.